The van der Waals surface area contributed by atoms with E-state index in [2.05, 4.69) is 4.98 Å². The summed E-state index contributed by atoms with van der Waals surface area (Å²) in [6, 6.07) is 9.09. The molecule has 28 heavy (non-hydrogen) atoms. The van der Waals surface area contributed by atoms with Crippen LogP contribution in [0.15, 0.2) is 42.9 Å². The van der Waals surface area contributed by atoms with Crippen molar-refractivity contribution >= 4 is 11.9 Å². The molecule has 0 saturated carbocycles. The van der Waals surface area contributed by atoms with Crippen LogP contribution in [0.4, 0.5) is 0 Å². The Kier molecular flexibility index (Phi) is 6.78. The smallest absolute Gasteiger partial charge is 0.356 e. The molecule has 0 spiro atoms. The molecule has 0 bridgehead atoms. The number of benzene rings is 1. The van der Waals surface area contributed by atoms with E-state index >= 15 is 0 Å². The summed E-state index contributed by atoms with van der Waals surface area (Å²) in [5.74, 6) is -0.955. The zero-order valence-corrected chi connectivity index (χ0v) is 16.1. The van der Waals surface area contributed by atoms with Crippen molar-refractivity contribution in [2.24, 2.45) is 0 Å². The molecule has 1 aliphatic heterocycles. The number of ether oxygens (including phenoxy) is 3. The van der Waals surface area contributed by atoms with Crippen LogP contribution in [0.25, 0.3) is 0 Å². The molecular formula is C20H25N3O5. The van der Waals surface area contributed by atoms with E-state index in [1.165, 1.54) is 13.3 Å². The summed E-state index contributed by atoms with van der Waals surface area (Å²) in [4.78, 5) is 30.8. The van der Waals surface area contributed by atoms with Gasteiger partial charge in [0.2, 0.25) is 0 Å². The summed E-state index contributed by atoms with van der Waals surface area (Å²) in [5.41, 5.74) is 1.39. The predicted octanol–water partition coefficient (Wildman–Crippen LogP) is 1.52. The molecule has 2 heterocycles. The Morgan fingerprint density at radius 1 is 1.21 bits per heavy atom. The number of nitrogens with zero attached hydrogens (tertiary/aromatic N) is 3. The fourth-order valence-electron chi connectivity index (χ4n) is 3.24. The van der Waals surface area contributed by atoms with Crippen molar-refractivity contribution in [3.8, 4) is 0 Å². The van der Waals surface area contributed by atoms with Gasteiger partial charge < -0.3 is 18.8 Å². The van der Waals surface area contributed by atoms with Crippen LogP contribution in [0, 0.1) is 0 Å². The highest BCUT2D eigenvalue weighted by molar-refractivity contribution is 5.87. The third-order valence-corrected chi connectivity index (χ3v) is 4.91. The summed E-state index contributed by atoms with van der Waals surface area (Å²) < 4.78 is 17.4. The lowest BCUT2D eigenvalue weighted by Crippen LogP contribution is -2.50. The van der Waals surface area contributed by atoms with Crippen molar-refractivity contribution in [3.05, 3.63) is 54.1 Å². The van der Waals surface area contributed by atoms with Crippen molar-refractivity contribution in [1.82, 2.24) is 14.5 Å². The van der Waals surface area contributed by atoms with Crippen LogP contribution in [-0.2, 0) is 19.0 Å². The normalized spacial score (nSPS) is 16.9. The molecule has 2 aromatic rings. The van der Waals surface area contributed by atoms with Gasteiger partial charge in [0.05, 0.1) is 38.9 Å². The first-order chi connectivity index (χ1) is 13.6. The summed E-state index contributed by atoms with van der Waals surface area (Å²) in [6.45, 7) is 4.13. The summed E-state index contributed by atoms with van der Waals surface area (Å²) in [6.07, 6.45) is 3.08. The fraction of sp³-hybridized carbons (Fsp3) is 0.450. The minimum absolute atomic E-state index is 0.0816. The number of aromatic nitrogens is 2. The molecule has 2 atom stereocenters. The SMILES string of the molecule is COC(=O)C(COC(=O)c1cncn1C(C)c1ccccc1)N1CCOCC1. The van der Waals surface area contributed by atoms with Crippen LogP contribution in [-0.4, -0.2) is 72.5 Å². The molecule has 2 unspecified atom stereocenters. The maximum atomic E-state index is 12.7. The molecule has 150 valence electrons. The van der Waals surface area contributed by atoms with E-state index in [1.54, 1.807) is 10.9 Å². The zero-order chi connectivity index (χ0) is 19.9. The number of methoxy groups -OCH3 is 1. The standard InChI is InChI=1S/C20H25N3O5/c1-15(16-6-4-3-5-7-16)23-14-21-12-17(23)20(25)28-13-18(19(24)26-2)22-8-10-27-11-9-22/h3-7,12,14-15,18H,8-11,13H2,1-2H3. The molecule has 0 radical (unpaired) electrons. The van der Waals surface area contributed by atoms with Crippen LogP contribution >= 0.6 is 0 Å². The first kappa shape index (κ1) is 20.0. The maximum absolute atomic E-state index is 12.7. The Morgan fingerprint density at radius 3 is 2.61 bits per heavy atom. The molecule has 3 rings (SSSR count). The van der Waals surface area contributed by atoms with Crippen molar-refractivity contribution < 1.29 is 23.8 Å². The highest BCUT2D eigenvalue weighted by atomic mass is 16.5. The summed E-state index contributed by atoms with van der Waals surface area (Å²) >= 11 is 0. The van der Waals surface area contributed by atoms with Crippen LogP contribution in [0.3, 0.4) is 0 Å². The number of hydrogen-bond acceptors (Lipinski definition) is 7. The number of carbonyl (C=O) groups excluding carboxylic acids is 2. The molecule has 0 aliphatic carbocycles. The molecule has 0 N–H and O–H groups in total. The third-order valence-electron chi connectivity index (χ3n) is 4.91. The van der Waals surface area contributed by atoms with E-state index in [-0.39, 0.29) is 12.6 Å². The number of imidazole rings is 1. The van der Waals surface area contributed by atoms with Crippen molar-refractivity contribution in [3.63, 3.8) is 0 Å². The summed E-state index contributed by atoms with van der Waals surface area (Å²) in [7, 11) is 1.33. The van der Waals surface area contributed by atoms with Crippen LogP contribution in [0.1, 0.15) is 29.0 Å². The van der Waals surface area contributed by atoms with Crippen molar-refractivity contribution in [2.45, 2.75) is 19.0 Å². The van der Waals surface area contributed by atoms with Gasteiger partial charge >= 0.3 is 11.9 Å². The molecular weight excluding hydrogens is 362 g/mol. The third kappa shape index (κ3) is 4.58. The molecule has 1 aromatic carbocycles. The number of morpholine rings is 1. The van der Waals surface area contributed by atoms with Gasteiger partial charge in [-0.15, -0.1) is 0 Å². The molecule has 8 heteroatoms. The van der Waals surface area contributed by atoms with E-state index in [0.29, 0.717) is 32.0 Å². The number of carbonyl (C=O) groups is 2. The maximum Gasteiger partial charge on any atom is 0.356 e. The fourth-order valence-corrected chi connectivity index (χ4v) is 3.24. The minimum atomic E-state index is -0.652. The lowest BCUT2D eigenvalue weighted by Gasteiger charge is -2.32. The van der Waals surface area contributed by atoms with E-state index in [9.17, 15) is 9.59 Å². The van der Waals surface area contributed by atoms with Gasteiger partial charge in [0.25, 0.3) is 0 Å². The second-order valence-electron chi connectivity index (χ2n) is 6.56. The van der Waals surface area contributed by atoms with Crippen LogP contribution in [0.5, 0.6) is 0 Å². The van der Waals surface area contributed by atoms with E-state index in [4.69, 9.17) is 14.2 Å². The van der Waals surface area contributed by atoms with Crippen LogP contribution in [0.2, 0.25) is 0 Å². The lowest BCUT2D eigenvalue weighted by atomic mass is 10.1. The van der Waals surface area contributed by atoms with Gasteiger partial charge in [0.1, 0.15) is 18.3 Å². The zero-order valence-electron chi connectivity index (χ0n) is 16.1. The molecule has 1 fully saturated rings. The molecule has 0 amide bonds. The first-order valence-electron chi connectivity index (χ1n) is 9.25. The average molecular weight is 387 g/mol. The Morgan fingerprint density at radius 2 is 1.93 bits per heavy atom. The van der Waals surface area contributed by atoms with Gasteiger partial charge in [-0.05, 0) is 12.5 Å². The highest BCUT2D eigenvalue weighted by Gasteiger charge is 2.30. The van der Waals surface area contributed by atoms with E-state index in [1.807, 2.05) is 42.2 Å². The van der Waals surface area contributed by atoms with E-state index < -0.39 is 18.0 Å². The Labute approximate surface area is 164 Å². The monoisotopic (exact) mass is 387 g/mol. The highest BCUT2D eigenvalue weighted by Crippen LogP contribution is 2.20. The van der Waals surface area contributed by atoms with Gasteiger partial charge in [0.15, 0.2) is 0 Å². The van der Waals surface area contributed by atoms with Gasteiger partial charge in [-0.1, -0.05) is 30.3 Å². The van der Waals surface area contributed by atoms with Gasteiger partial charge in [-0.25, -0.2) is 9.78 Å². The number of rotatable bonds is 7. The molecule has 1 saturated heterocycles. The average Bonchev–Trinajstić information content (AvgIpc) is 3.24. The largest absolute Gasteiger partial charge is 0.468 e. The van der Waals surface area contributed by atoms with Crippen LogP contribution < -0.4 is 0 Å². The topological polar surface area (TPSA) is 82.9 Å². The molecule has 8 nitrogen and oxygen atoms in total. The number of hydrogen-bond donors (Lipinski definition) is 0. The van der Waals surface area contributed by atoms with Gasteiger partial charge in [0, 0.05) is 13.1 Å². The number of esters is 2. The molecule has 1 aromatic heterocycles. The van der Waals surface area contributed by atoms with Crippen molar-refractivity contribution in [2.75, 3.05) is 40.0 Å². The quantitative estimate of drug-likeness (QED) is 0.666. The molecule has 1 aliphatic rings. The Bertz CT molecular complexity index is 786. The second kappa shape index (κ2) is 9.48. The Hall–Kier alpha value is -2.71. The Balaban J connectivity index is 1.69. The van der Waals surface area contributed by atoms with Gasteiger partial charge in [-0.3, -0.25) is 9.69 Å². The van der Waals surface area contributed by atoms with E-state index in [0.717, 1.165) is 5.56 Å². The van der Waals surface area contributed by atoms with Crippen molar-refractivity contribution in [1.29, 1.82) is 0 Å². The first-order valence-corrected chi connectivity index (χ1v) is 9.25. The minimum Gasteiger partial charge on any atom is -0.468 e. The second-order valence-corrected chi connectivity index (χ2v) is 6.56. The summed E-state index contributed by atoms with van der Waals surface area (Å²) in [5, 5.41) is 0. The predicted molar refractivity (Wildman–Crippen MR) is 101 cm³/mol. The lowest BCUT2D eigenvalue weighted by molar-refractivity contribution is -0.150. The van der Waals surface area contributed by atoms with Gasteiger partial charge in [-0.2, -0.15) is 0 Å².